The molecule has 0 saturated carbocycles. The van der Waals surface area contributed by atoms with Crippen LogP contribution in [-0.2, 0) is 13.5 Å². The molecule has 2 aromatic rings. The minimum Gasteiger partial charge on any atom is -0.496 e. The second-order valence-corrected chi connectivity index (χ2v) is 7.58. The van der Waals surface area contributed by atoms with E-state index >= 15 is 0 Å². The van der Waals surface area contributed by atoms with Gasteiger partial charge in [0.25, 0.3) is 5.91 Å². The number of aromatic nitrogens is 2. The standard InChI is InChI=1S/C19H26N4O2S.2ClH/c1-23-9-7-22-19(23)26-10-8-21-18(24)15-3-4-17(25-2)16(12-15)11-14-5-6-20-13-14;;/h3-4,7,9,12,14,20H,5-6,8,10-11,13H2,1-2H3,(H,21,24);2*1H. The first-order valence-corrected chi connectivity index (χ1v) is 9.92. The lowest BCUT2D eigenvalue weighted by atomic mass is 9.96. The van der Waals surface area contributed by atoms with Gasteiger partial charge in [-0.05, 0) is 55.6 Å². The molecular weight excluding hydrogens is 419 g/mol. The van der Waals surface area contributed by atoms with E-state index < -0.39 is 0 Å². The molecule has 156 valence electrons. The molecule has 1 aromatic carbocycles. The molecule has 1 aliphatic heterocycles. The van der Waals surface area contributed by atoms with E-state index in [1.165, 1.54) is 6.42 Å². The summed E-state index contributed by atoms with van der Waals surface area (Å²) in [7, 11) is 3.65. The molecule has 1 fully saturated rings. The Morgan fingerprint density at radius 3 is 2.89 bits per heavy atom. The molecule has 1 unspecified atom stereocenters. The minimum absolute atomic E-state index is 0. The van der Waals surface area contributed by atoms with Gasteiger partial charge >= 0.3 is 0 Å². The first-order chi connectivity index (χ1) is 12.7. The molecule has 2 N–H and O–H groups in total. The van der Waals surface area contributed by atoms with Crippen LogP contribution in [0.5, 0.6) is 5.75 Å². The Hall–Kier alpha value is -1.41. The van der Waals surface area contributed by atoms with Gasteiger partial charge in [-0.3, -0.25) is 4.79 Å². The minimum atomic E-state index is -0.0427. The lowest BCUT2D eigenvalue weighted by molar-refractivity contribution is 0.0956. The number of halogens is 2. The van der Waals surface area contributed by atoms with Crippen LogP contribution >= 0.6 is 36.6 Å². The molecule has 1 aliphatic rings. The van der Waals surface area contributed by atoms with Gasteiger partial charge in [0.2, 0.25) is 0 Å². The predicted octanol–water partition coefficient (Wildman–Crippen LogP) is 2.95. The van der Waals surface area contributed by atoms with Crippen LogP contribution in [0, 0.1) is 5.92 Å². The molecule has 1 amide bonds. The van der Waals surface area contributed by atoms with Crippen molar-refractivity contribution in [3.05, 3.63) is 41.7 Å². The van der Waals surface area contributed by atoms with Crippen LogP contribution in [0.1, 0.15) is 22.3 Å². The van der Waals surface area contributed by atoms with Gasteiger partial charge in [0, 0.05) is 37.3 Å². The molecule has 3 rings (SSSR count). The van der Waals surface area contributed by atoms with Crippen molar-refractivity contribution in [2.24, 2.45) is 13.0 Å². The van der Waals surface area contributed by atoms with Gasteiger partial charge in [-0.15, -0.1) is 24.8 Å². The van der Waals surface area contributed by atoms with Crippen LogP contribution < -0.4 is 15.4 Å². The van der Waals surface area contributed by atoms with E-state index in [1.54, 1.807) is 25.1 Å². The maximum absolute atomic E-state index is 12.5. The van der Waals surface area contributed by atoms with Crippen molar-refractivity contribution in [1.82, 2.24) is 20.2 Å². The number of methoxy groups -OCH3 is 1. The van der Waals surface area contributed by atoms with E-state index in [2.05, 4.69) is 15.6 Å². The summed E-state index contributed by atoms with van der Waals surface area (Å²) in [5.41, 5.74) is 1.80. The fourth-order valence-electron chi connectivity index (χ4n) is 3.18. The van der Waals surface area contributed by atoms with Gasteiger partial charge < -0.3 is 19.9 Å². The summed E-state index contributed by atoms with van der Waals surface area (Å²) in [4.78, 5) is 16.7. The van der Waals surface area contributed by atoms with E-state index in [1.807, 2.05) is 36.0 Å². The molecule has 0 spiro atoms. The topological polar surface area (TPSA) is 68.2 Å². The van der Waals surface area contributed by atoms with Crippen molar-refractivity contribution in [3.63, 3.8) is 0 Å². The first-order valence-electron chi connectivity index (χ1n) is 8.93. The van der Waals surface area contributed by atoms with E-state index in [0.717, 1.165) is 41.7 Å². The molecule has 0 aliphatic carbocycles. The number of aryl methyl sites for hydroxylation is 1. The van der Waals surface area contributed by atoms with Crippen LogP contribution in [0.2, 0.25) is 0 Å². The summed E-state index contributed by atoms with van der Waals surface area (Å²) in [6.45, 7) is 2.70. The third-order valence-electron chi connectivity index (χ3n) is 4.61. The number of rotatable bonds is 8. The van der Waals surface area contributed by atoms with Gasteiger partial charge in [-0.25, -0.2) is 4.98 Å². The zero-order chi connectivity index (χ0) is 18.4. The normalized spacial score (nSPS) is 15.4. The maximum atomic E-state index is 12.5. The molecule has 28 heavy (non-hydrogen) atoms. The maximum Gasteiger partial charge on any atom is 0.251 e. The summed E-state index contributed by atoms with van der Waals surface area (Å²) >= 11 is 1.63. The Bertz CT molecular complexity index is 751. The Kier molecular flexibility index (Phi) is 10.7. The largest absolute Gasteiger partial charge is 0.496 e. The van der Waals surface area contributed by atoms with Crippen molar-refractivity contribution in [2.75, 3.05) is 32.5 Å². The van der Waals surface area contributed by atoms with Crippen molar-refractivity contribution in [3.8, 4) is 5.75 Å². The number of hydrogen-bond donors (Lipinski definition) is 2. The summed E-state index contributed by atoms with van der Waals surface area (Å²) in [5, 5.41) is 7.33. The number of ether oxygens (including phenoxy) is 1. The molecular formula is C19H28Cl2N4O2S. The van der Waals surface area contributed by atoms with Gasteiger partial charge in [-0.1, -0.05) is 11.8 Å². The Labute approximate surface area is 183 Å². The molecule has 9 heteroatoms. The van der Waals surface area contributed by atoms with Crippen LogP contribution in [0.4, 0.5) is 0 Å². The molecule has 6 nitrogen and oxygen atoms in total. The lowest BCUT2D eigenvalue weighted by Crippen LogP contribution is -2.26. The average molecular weight is 447 g/mol. The highest BCUT2D eigenvalue weighted by Crippen LogP contribution is 2.25. The Morgan fingerprint density at radius 2 is 2.25 bits per heavy atom. The summed E-state index contributed by atoms with van der Waals surface area (Å²) in [6.07, 6.45) is 5.80. The quantitative estimate of drug-likeness (QED) is 0.481. The molecule has 1 saturated heterocycles. The number of carbonyl (C=O) groups is 1. The molecule has 0 bridgehead atoms. The van der Waals surface area contributed by atoms with Crippen LogP contribution in [0.15, 0.2) is 35.7 Å². The van der Waals surface area contributed by atoms with Crippen molar-refractivity contribution >= 4 is 42.5 Å². The lowest BCUT2D eigenvalue weighted by Gasteiger charge is -2.14. The molecule has 0 radical (unpaired) electrons. The van der Waals surface area contributed by atoms with Gasteiger partial charge in [0.15, 0.2) is 5.16 Å². The monoisotopic (exact) mass is 446 g/mol. The number of nitrogens with one attached hydrogen (secondary N) is 2. The number of amides is 1. The van der Waals surface area contributed by atoms with E-state index in [9.17, 15) is 4.79 Å². The highest BCUT2D eigenvalue weighted by atomic mass is 35.5. The highest BCUT2D eigenvalue weighted by Gasteiger charge is 2.18. The molecule has 1 aromatic heterocycles. The van der Waals surface area contributed by atoms with Gasteiger partial charge in [0.05, 0.1) is 7.11 Å². The number of carbonyl (C=O) groups excluding carboxylic acids is 1. The second kappa shape index (κ2) is 12.2. The number of hydrogen-bond acceptors (Lipinski definition) is 5. The van der Waals surface area contributed by atoms with Crippen molar-refractivity contribution in [1.29, 1.82) is 0 Å². The summed E-state index contributed by atoms with van der Waals surface area (Å²) in [5.74, 6) is 2.21. The molecule has 2 heterocycles. The Balaban J connectivity index is 0.00000196. The smallest absolute Gasteiger partial charge is 0.251 e. The zero-order valence-corrected chi connectivity index (χ0v) is 18.6. The summed E-state index contributed by atoms with van der Waals surface area (Å²) < 4.78 is 7.45. The third-order valence-corrected chi connectivity index (χ3v) is 5.67. The number of nitrogens with zero attached hydrogens (tertiary/aromatic N) is 2. The second-order valence-electron chi connectivity index (χ2n) is 6.51. The number of benzene rings is 1. The third kappa shape index (κ3) is 6.58. The van der Waals surface area contributed by atoms with Crippen LogP contribution in [0.3, 0.4) is 0 Å². The van der Waals surface area contributed by atoms with Gasteiger partial charge in [0.1, 0.15) is 5.75 Å². The van der Waals surface area contributed by atoms with Crippen LogP contribution in [-0.4, -0.2) is 48.0 Å². The SMILES string of the molecule is COc1ccc(C(=O)NCCSc2nccn2C)cc1CC1CCNC1.Cl.Cl. The number of imidazole rings is 1. The van der Waals surface area contributed by atoms with E-state index in [-0.39, 0.29) is 30.7 Å². The fraction of sp³-hybridized carbons (Fsp3) is 0.474. The zero-order valence-electron chi connectivity index (χ0n) is 16.1. The van der Waals surface area contributed by atoms with Crippen molar-refractivity contribution < 1.29 is 9.53 Å². The van der Waals surface area contributed by atoms with E-state index in [0.29, 0.717) is 18.0 Å². The van der Waals surface area contributed by atoms with Gasteiger partial charge in [-0.2, -0.15) is 0 Å². The van der Waals surface area contributed by atoms with Crippen LogP contribution in [0.25, 0.3) is 0 Å². The molecule has 1 atom stereocenters. The average Bonchev–Trinajstić information content (AvgIpc) is 3.30. The summed E-state index contributed by atoms with van der Waals surface area (Å²) in [6, 6.07) is 5.70. The predicted molar refractivity (Wildman–Crippen MR) is 118 cm³/mol. The van der Waals surface area contributed by atoms with E-state index in [4.69, 9.17) is 4.74 Å². The highest BCUT2D eigenvalue weighted by molar-refractivity contribution is 7.99. The van der Waals surface area contributed by atoms with Crippen molar-refractivity contribution in [2.45, 2.75) is 18.0 Å². The fourth-order valence-corrected chi connectivity index (χ4v) is 3.97. The Morgan fingerprint density at radius 1 is 1.43 bits per heavy atom. The number of thioether (sulfide) groups is 1. The first kappa shape index (κ1) is 24.6.